The van der Waals surface area contributed by atoms with Crippen molar-refractivity contribution in [1.29, 1.82) is 0 Å². The van der Waals surface area contributed by atoms with Crippen molar-refractivity contribution in [1.82, 2.24) is 4.98 Å². The van der Waals surface area contributed by atoms with Crippen LogP contribution in [-0.2, 0) is 6.42 Å². The Morgan fingerprint density at radius 2 is 1.81 bits per heavy atom. The Morgan fingerprint density at radius 1 is 1.05 bits per heavy atom. The molecule has 3 rings (SSSR count). The van der Waals surface area contributed by atoms with E-state index in [2.05, 4.69) is 47.6 Å². The molecule has 2 aromatic carbocycles. The average Bonchev–Trinajstić information content (AvgIpc) is 2.55. The summed E-state index contributed by atoms with van der Waals surface area (Å²) in [6, 6.07) is 18.8. The number of hydrogen-bond donors (Lipinski definition) is 1. The number of rotatable bonds is 4. The summed E-state index contributed by atoms with van der Waals surface area (Å²) in [6.07, 6.45) is 4.76. The van der Waals surface area contributed by atoms with Crippen LogP contribution in [0.5, 0.6) is 0 Å². The topological polar surface area (TPSA) is 38.9 Å². The summed E-state index contributed by atoms with van der Waals surface area (Å²) in [5.74, 6) is 0. The molecule has 2 nitrogen and oxygen atoms in total. The van der Waals surface area contributed by atoms with E-state index in [1.807, 2.05) is 24.4 Å². The highest BCUT2D eigenvalue weighted by Crippen LogP contribution is 2.23. The Hall–Kier alpha value is -1.84. The number of aromatic nitrogens is 1. The lowest BCUT2D eigenvalue weighted by Crippen LogP contribution is -2.13. The first-order chi connectivity index (χ1) is 10.3. The molecule has 0 aliphatic heterocycles. The van der Waals surface area contributed by atoms with Crippen molar-refractivity contribution in [2.75, 3.05) is 6.26 Å². The molecule has 0 bridgehead atoms. The molecular formula is C18H18N2S. The molecular weight excluding hydrogens is 276 g/mol. The third kappa shape index (κ3) is 3.09. The fourth-order valence-corrected chi connectivity index (χ4v) is 2.95. The second kappa shape index (κ2) is 6.29. The summed E-state index contributed by atoms with van der Waals surface area (Å²) >= 11 is 1.75. The normalized spacial score (nSPS) is 12.5. The zero-order valence-corrected chi connectivity index (χ0v) is 12.8. The van der Waals surface area contributed by atoms with Crippen LogP contribution in [0.25, 0.3) is 10.9 Å². The maximum atomic E-state index is 6.38. The van der Waals surface area contributed by atoms with Gasteiger partial charge in [-0.3, -0.25) is 4.98 Å². The third-order valence-electron chi connectivity index (χ3n) is 3.72. The van der Waals surface area contributed by atoms with Gasteiger partial charge in [-0.2, -0.15) is 0 Å². The number of fused-ring (bicyclic) bond motifs is 1. The van der Waals surface area contributed by atoms with Gasteiger partial charge in [0.1, 0.15) is 0 Å². The number of nitrogens with zero attached hydrogens (tertiary/aromatic N) is 1. The zero-order chi connectivity index (χ0) is 14.7. The van der Waals surface area contributed by atoms with E-state index in [0.29, 0.717) is 0 Å². The van der Waals surface area contributed by atoms with Gasteiger partial charge < -0.3 is 5.73 Å². The lowest BCUT2D eigenvalue weighted by Gasteiger charge is -2.14. The number of thioether (sulfide) groups is 1. The van der Waals surface area contributed by atoms with E-state index in [0.717, 1.165) is 11.9 Å². The molecule has 0 amide bonds. The average molecular weight is 294 g/mol. The van der Waals surface area contributed by atoms with Crippen molar-refractivity contribution in [3.63, 3.8) is 0 Å². The largest absolute Gasteiger partial charge is 0.324 e. The van der Waals surface area contributed by atoms with Crippen LogP contribution >= 0.6 is 11.8 Å². The van der Waals surface area contributed by atoms with Crippen molar-refractivity contribution in [3.05, 3.63) is 71.9 Å². The summed E-state index contributed by atoms with van der Waals surface area (Å²) in [7, 11) is 0. The molecule has 1 unspecified atom stereocenters. The van der Waals surface area contributed by atoms with E-state index in [-0.39, 0.29) is 6.04 Å². The molecule has 3 heteroatoms. The summed E-state index contributed by atoms with van der Waals surface area (Å²) in [6.45, 7) is 0. The quantitative estimate of drug-likeness (QED) is 0.733. The van der Waals surface area contributed by atoms with Gasteiger partial charge in [0.15, 0.2) is 0 Å². The Labute approximate surface area is 129 Å². The van der Waals surface area contributed by atoms with E-state index in [1.165, 1.54) is 21.4 Å². The molecule has 1 heterocycles. The molecule has 21 heavy (non-hydrogen) atoms. The van der Waals surface area contributed by atoms with Gasteiger partial charge in [-0.15, -0.1) is 11.8 Å². The summed E-state index contributed by atoms with van der Waals surface area (Å²) in [5.41, 5.74) is 9.84. The standard InChI is InChI=1S/C18H18N2S/c1-21-15-8-6-13(7-9-15)17(19)12-14-10-11-20-18-5-3-2-4-16(14)18/h2-11,17H,12,19H2,1H3. The van der Waals surface area contributed by atoms with Crippen LogP contribution in [-0.4, -0.2) is 11.2 Å². The van der Waals surface area contributed by atoms with E-state index in [4.69, 9.17) is 5.73 Å². The second-order valence-corrected chi connectivity index (χ2v) is 5.95. The van der Waals surface area contributed by atoms with Crippen LogP contribution < -0.4 is 5.73 Å². The summed E-state index contributed by atoms with van der Waals surface area (Å²) in [4.78, 5) is 5.67. The van der Waals surface area contributed by atoms with Crippen molar-refractivity contribution in [2.24, 2.45) is 5.73 Å². The molecule has 0 saturated heterocycles. The maximum absolute atomic E-state index is 6.38. The number of pyridine rings is 1. The molecule has 0 aliphatic rings. The Kier molecular flexibility index (Phi) is 4.23. The van der Waals surface area contributed by atoms with Crippen molar-refractivity contribution in [2.45, 2.75) is 17.4 Å². The number of benzene rings is 2. The third-order valence-corrected chi connectivity index (χ3v) is 4.47. The SMILES string of the molecule is CSc1ccc(C(N)Cc2ccnc3ccccc23)cc1. The Morgan fingerprint density at radius 3 is 2.57 bits per heavy atom. The molecule has 3 aromatic rings. The van der Waals surface area contributed by atoms with Gasteiger partial charge in [0.25, 0.3) is 0 Å². The van der Waals surface area contributed by atoms with Crippen LogP contribution in [0.15, 0.2) is 65.7 Å². The summed E-state index contributed by atoms with van der Waals surface area (Å²) in [5, 5.41) is 1.19. The van der Waals surface area contributed by atoms with Crippen molar-refractivity contribution in [3.8, 4) is 0 Å². The van der Waals surface area contributed by atoms with Crippen LogP contribution in [0, 0.1) is 0 Å². The van der Waals surface area contributed by atoms with Gasteiger partial charge in [0.2, 0.25) is 0 Å². The molecule has 0 spiro atoms. The highest BCUT2D eigenvalue weighted by atomic mass is 32.2. The van der Waals surface area contributed by atoms with Crippen LogP contribution in [0.2, 0.25) is 0 Å². The minimum absolute atomic E-state index is 0.00622. The first-order valence-electron chi connectivity index (χ1n) is 7.00. The highest BCUT2D eigenvalue weighted by molar-refractivity contribution is 7.98. The summed E-state index contributed by atoms with van der Waals surface area (Å²) < 4.78 is 0. The van der Waals surface area contributed by atoms with E-state index in [9.17, 15) is 0 Å². The van der Waals surface area contributed by atoms with Gasteiger partial charge in [-0.05, 0) is 48.1 Å². The lowest BCUT2D eigenvalue weighted by atomic mass is 9.97. The van der Waals surface area contributed by atoms with Crippen molar-refractivity contribution < 1.29 is 0 Å². The van der Waals surface area contributed by atoms with Gasteiger partial charge in [-0.1, -0.05) is 30.3 Å². The smallest absolute Gasteiger partial charge is 0.0704 e. The fourth-order valence-electron chi connectivity index (χ4n) is 2.54. The highest BCUT2D eigenvalue weighted by Gasteiger charge is 2.09. The second-order valence-electron chi connectivity index (χ2n) is 5.07. The molecule has 2 N–H and O–H groups in total. The monoisotopic (exact) mass is 294 g/mol. The Bertz CT molecular complexity index is 732. The minimum atomic E-state index is 0.00622. The zero-order valence-electron chi connectivity index (χ0n) is 12.0. The van der Waals surface area contributed by atoms with Gasteiger partial charge in [-0.25, -0.2) is 0 Å². The first-order valence-corrected chi connectivity index (χ1v) is 8.22. The molecule has 1 atom stereocenters. The first kappa shape index (κ1) is 14.1. The van der Waals surface area contributed by atoms with E-state index >= 15 is 0 Å². The predicted molar refractivity (Wildman–Crippen MR) is 90.6 cm³/mol. The molecule has 0 fully saturated rings. The van der Waals surface area contributed by atoms with Gasteiger partial charge in [0, 0.05) is 22.5 Å². The molecule has 0 aliphatic carbocycles. The Balaban J connectivity index is 1.87. The number of para-hydroxylation sites is 1. The van der Waals surface area contributed by atoms with Crippen LogP contribution in [0.3, 0.4) is 0 Å². The van der Waals surface area contributed by atoms with E-state index < -0.39 is 0 Å². The fraction of sp³-hybridized carbons (Fsp3) is 0.167. The van der Waals surface area contributed by atoms with Crippen molar-refractivity contribution >= 4 is 22.7 Å². The lowest BCUT2D eigenvalue weighted by molar-refractivity contribution is 0.724. The number of hydrogen-bond acceptors (Lipinski definition) is 3. The van der Waals surface area contributed by atoms with Gasteiger partial charge in [0.05, 0.1) is 5.52 Å². The van der Waals surface area contributed by atoms with Crippen LogP contribution in [0.1, 0.15) is 17.2 Å². The van der Waals surface area contributed by atoms with Gasteiger partial charge >= 0.3 is 0 Å². The molecule has 106 valence electrons. The predicted octanol–water partition coefficient (Wildman–Crippen LogP) is 4.20. The molecule has 0 radical (unpaired) electrons. The maximum Gasteiger partial charge on any atom is 0.0704 e. The number of nitrogens with two attached hydrogens (primary N) is 1. The molecule has 0 saturated carbocycles. The molecule has 1 aromatic heterocycles. The van der Waals surface area contributed by atoms with E-state index in [1.54, 1.807) is 11.8 Å². The minimum Gasteiger partial charge on any atom is -0.324 e. The van der Waals surface area contributed by atoms with Crippen LogP contribution in [0.4, 0.5) is 0 Å².